The van der Waals surface area contributed by atoms with Crippen LogP contribution in [0.25, 0.3) is 0 Å². The summed E-state index contributed by atoms with van der Waals surface area (Å²) < 4.78 is 10.8. The number of nitrogens with zero attached hydrogens (tertiary/aromatic N) is 2. The summed E-state index contributed by atoms with van der Waals surface area (Å²) in [5.41, 5.74) is 0.395. The number of aliphatic hydroxyl groups excluding tert-OH is 2. The average Bonchev–Trinajstić information content (AvgIpc) is 3.00. The van der Waals surface area contributed by atoms with Crippen LogP contribution in [-0.4, -0.2) is 71.6 Å². The summed E-state index contributed by atoms with van der Waals surface area (Å²) in [7, 11) is 0. The highest BCUT2D eigenvalue weighted by atomic mass is 16.5. The Balaban J connectivity index is 1.97. The van der Waals surface area contributed by atoms with Crippen LogP contribution < -0.4 is 4.74 Å². The van der Waals surface area contributed by atoms with Gasteiger partial charge in [0.25, 0.3) is 5.91 Å². The van der Waals surface area contributed by atoms with Gasteiger partial charge in [-0.15, -0.1) is 0 Å². The van der Waals surface area contributed by atoms with Gasteiger partial charge in [-0.25, -0.2) is 4.98 Å². The molecular weight excluding hydrogens is 276 g/mol. The van der Waals surface area contributed by atoms with Gasteiger partial charge in [0.05, 0.1) is 32.0 Å². The van der Waals surface area contributed by atoms with Crippen molar-refractivity contribution in [1.82, 2.24) is 9.88 Å². The molecule has 1 aliphatic heterocycles. The fourth-order valence-corrected chi connectivity index (χ4v) is 2.09. The van der Waals surface area contributed by atoms with Crippen molar-refractivity contribution in [3.05, 3.63) is 23.9 Å². The summed E-state index contributed by atoms with van der Waals surface area (Å²) in [4.78, 5) is 17.7. The minimum atomic E-state index is -0.277. The van der Waals surface area contributed by atoms with E-state index in [1.54, 1.807) is 12.1 Å². The van der Waals surface area contributed by atoms with Crippen LogP contribution in [0.2, 0.25) is 0 Å². The van der Waals surface area contributed by atoms with E-state index in [2.05, 4.69) is 4.98 Å². The van der Waals surface area contributed by atoms with E-state index in [9.17, 15) is 4.79 Å². The van der Waals surface area contributed by atoms with Crippen molar-refractivity contribution in [2.45, 2.75) is 12.5 Å². The average molecular weight is 296 g/mol. The van der Waals surface area contributed by atoms with E-state index in [0.717, 1.165) is 6.42 Å². The molecule has 0 aromatic carbocycles. The number of aromatic nitrogens is 1. The molecule has 1 unspecified atom stereocenters. The van der Waals surface area contributed by atoms with Gasteiger partial charge < -0.3 is 24.6 Å². The van der Waals surface area contributed by atoms with Crippen LogP contribution in [0.1, 0.15) is 16.8 Å². The highest BCUT2D eigenvalue weighted by Crippen LogP contribution is 2.15. The number of carbonyl (C=O) groups excluding carboxylic acids is 1. The first-order chi connectivity index (χ1) is 10.2. The fraction of sp³-hybridized carbons (Fsp3) is 0.571. The quantitative estimate of drug-likeness (QED) is 0.716. The number of hydrogen-bond acceptors (Lipinski definition) is 6. The van der Waals surface area contributed by atoms with Crippen molar-refractivity contribution in [3.8, 4) is 5.88 Å². The molecule has 1 saturated heterocycles. The number of aliphatic hydroxyl groups is 2. The largest absolute Gasteiger partial charge is 0.472 e. The molecule has 1 fully saturated rings. The van der Waals surface area contributed by atoms with E-state index in [4.69, 9.17) is 19.7 Å². The van der Waals surface area contributed by atoms with Gasteiger partial charge in [0.1, 0.15) is 6.10 Å². The first-order valence-corrected chi connectivity index (χ1v) is 6.96. The Bertz CT molecular complexity index is 439. The van der Waals surface area contributed by atoms with Crippen molar-refractivity contribution in [3.63, 3.8) is 0 Å². The van der Waals surface area contributed by atoms with Crippen LogP contribution in [0.15, 0.2) is 18.3 Å². The second-order valence-corrected chi connectivity index (χ2v) is 4.73. The number of hydrogen-bond donors (Lipinski definition) is 2. The van der Waals surface area contributed by atoms with Crippen LogP contribution >= 0.6 is 0 Å². The molecule has 0 spiro atoms. The maximum atomic E-state index is 12.2. The zero-order chi connectivity index (χ0) is 15.1. The Labute approximate surface area is 123 Å². The molecule has 1 amide bonds. The molecule has 7 heteroatoms. The second kappa shape index (κ2) is 7.92. The maximum Gasteiger partial charge on any atom is 0.255 e. The van der Waals surface area contributed by atoms with Crippen LogP contribution in [0.3, 0.4) is 0 Å². The Morgan fingerprint density at radius 3 is 2.67 bits per heavy atom. The van der Waals surface area contributed by atoms with Crippen LogP contribution in [-0.2, 0) is 4.74 Å². The predicted octanol–water partition coefficient (Wildman–Crippen LogP) is -0.324. The minimum Gasteiger partial charge on any atom is -0.472 e. The molecule has 1 aliphatic rings. The molecular formula is C14H20N2O5. The Morgan fingerprint density at radius 2 is 2.14 bits per heavy atom. The predicted molar refractivity (Wildman–Crippen MR) is 74.2 cm³/mol. The molecule has 0 aliphatic carbocycles. The van der Waals surface area contributed by atoms with Crippen molar-refractivity contribution < 1.29 is 24.5 Å². The van der Waals surface area contributed by atoms with Crippen LogP contribution in [0.4, 0.5) is 0 Å². The van der Waals surface area contributed by atoms with E-state index in [-0.39, 0.29) is 38.3 Å². The lowest BCUT2D eigenvalue weighted by molar-refractivity contribution is 0.0684. The Kier molecular flexibility index (Phi) is 5.91. The Morgan fingerprint density at radius 1 is 1.38 bits per heavy atom. The van der Waals surface area contributed by atoms with Gasteiger partial charge in [-0.05, 0) is 6.07 Å². The summed E-state index contributed by atoms with van der Waals surface area (Å²) in [5.74, 6) is 0.180. The lowest BCUT2D eigenvalue weighted by Gasteiger charge is -2.20. The van der Waals surface area contributed by atoms with E-state index < -0.39 is 0 Å². The smallest absolute Gasteiger partial charge is 0.255 e. The molecule has 1 aromatic heterocycles. The molecule has 0 saturated carbocycles. The van der Waals surface area contributed by atoms with E-state index >= 15 is 0 Å². The third-order valence-electron chi connectivity index (χ3n) is 3.19. The monoisotopic (exact) mass is 296 g/mol. The number of rotatable bonds is 7. The van der Waals surface area contributed by atoms with Crippen molar-refractivity contribution >= 4 is 5.91 Å². The first-order valence-electron chi connectivity index (χ1n) is 6.96. The molecule has 21 heavy (non-hydrogen) atoms. The van der Waals surface area contributed by atoms with Gasteiger partial charge >= 0.3 is 0 Å². The topological polar surface area (TPSA) is 92.1 Å². The molecule has 1 atom stereocenters. The molecule has 7 nitrogen and oxygen atoms in total. The zero-order valence-electron chi connectivity index (χ0n) is 11.8. The molecule has 116 valence electrons. The standard InChI is InChI=1S/C14H20N2O5/c17-6-4-16(5-7-18)14(19)11-1-2-13(15-9-11)21-12-3-8-20-10-12/h1-2,9,12,17-18H,3-8,10H2. The van der Waals surface area contributed by atoms with E-state index in [1.165, 1.54) is 11.1 Å². The third-order valence-corrected chi connectivity index (χ3v) is 3.19. The maximum absolute atomic E-state index is 12.2. The van der Waals surface area contributed by atoms with Gasteiger partial charge in [0.2, 0.25) is 5.88 Å². The molecule has 0 radical (unpaired) electrons. The highest BCUT2D eigenvalue weighted by molar-refractivity contribution is 5.94. The minimum absolute atomic E-state index is 0.0133. The van der Waals surface area contributed by atoms with Crippen molar-refractivity contribution in [1.29, 1.82) is 0 Å². The number of ether oxygens (including phenoxy) is 2. The van der Waals surface area contributed by atoms with Gasteiger partial charge in [-0.3, -0.25) is 4.79 Å². The molecule has 1 aromatic rings. The normalized spacial score (nSPS) is 17.7. The third kappa shape index (κ3) is 4.38. The lowest BCUT2D eigenvalue weighted by atomic mass is 10.2. The van der Waals surface area contributed by atoms with Crippen molar-refractivity contribution in [2.75, 3.05) is 39.5 Å². The number of pyridine rings is 1. The van der Waals surface area contributed by atoms with Gasteiger partial charge in [-0.1, -0.05) is 0 Å². The molecule has 2 N–H and O–H groups in total. The SMILES string of the molecule is O=C(c1ccc(OC2CCOC2)nc1)N(CCO)CCO. The van der Waals surface area contributed by atoms with Gasteiger partial charge in [0.15, 0.2) is 0 Å². The number of amides is 1. The summed E-state index contributed by atoms with van der Waals surface area (Å²) in [6.45, 7) is 1.31. The second-order valence-electron chi connectivity index (χ2n) is 4.73. The number of carbonyl (C=O) groups is 1. The van der Waals surface area contributed by atoms with Crippen LogP contribution in [0, 0.1) is 0 Å². The lowest BCUT2D eigenvalue weighted by Crippen LogP contribution is -2.35. The Hall–Kier alpha value is -1.70. The molecule has 2 rings (SSSR count). The van der Waals surface area contributed by atoms with Crippen LogP contribution in [0.5, 0.6) is 5.88 Å². The summed E-state index contributed by atoms with van der Waals surface area (Å²) in [5, 5.41) is 17.9. The van der Waals surface area contributed by atoms with Gasteiger partial charge in [0, 0.05) is 31.8 Å². The van der Waals surface area contributed by atoms with Crippen molar-refractivity contribution in [2.24, 2.45) is 0 Å². The molecule has 0 bridgehead atoms. The summed E-state index contributed by atoms with van der Waals surface area (Å²) >= 11 is 0. The van der Waals surface area contributed by atoms with E-state index in [1.807, 2.05) is 0 Å². The fourth-order valence-electron chi connectivity index (χ4n) is 2.09. The first kappa shape index (κ1) is 15.7. The summed E-state index contributed by atoms with van der Waals surface area (Å²) in [6, 6.07) is 3.27. The molecule has 2 heterocycles. The van der Waals surface area contributed by atoms with E-state index in [0.29, 0.717) is 24.7 Å². The highest BCUT2D eigenvalue weighted by Gasteiger charge is 2.19. The zero-order valence-corrected chi connectivity index (χ0v) is 11.8. The van der Waals surface area contributed by atoms with Gasteiger partial charge in [-0.2, -0.15) is 0 Å². The summed E-state index contributed by atoms with van der Waals surface area (Å²) in [6.07, 6.45) is 2.29.